The zero-order valence-electron chi connectivity index (χ0n) is 14.9. The van der Waals surface area contributed by atoms with E-state index in [9.17, 15) is 10.1 Å². The number of aromatic nitrogens is 3. The Bertz CT molecular complexity index is 1050. The van der Waals surface area contributed by atoms with Crippen LogP contribution in [0.4, 0.5) is 0 Å². The molecule has 1 amide bonds. The van der Waals surface area contributed by atoms with Gasteiger partial charge in [-0.3, -0.25) is 4.79 Å². The molecular formula is C19H19N5O2. The number of aryl methyl sites for hydroxylation is 2. The Morgan fingerprint density at radius 3 is 2.88 bits per heavy atom. The molecule has 4 rings (SSSR count). The molecule has 132 valence electrons. The maximum Gasteiger partial charge on any atom is 0.271 e. The molecule has 0 aromatic carbocycles. The Balaban J connectivity index is 1.78. The van der Waals surface area contributed by atoms with Crippen LogP contribution in [0.5, 0.6) is 0 Å². The van der Waals surface area contributed by atoms with Crippen LogP contribution in [-0.2, 0) is 0 Å². The summed E-state index contributed by atoms with van der Waals surface area (Å²) < 4.78 is 7.18. The van der Waals surface area contributed by atoms with Gasteiger partial charge < -0.3 is 9.73 Å². The Morgan fingerprint density at radius 2 is 2.19 bits per heavy atom. The minimum atomic E-state index is -0.197. The molecule has 0 spiro atoms. The van der Waals surface area contributed by atoms with Crippen LogP contribution in [0.25, 0.3) is 17.1 Å². The van der Waals surface area contributed by atoms with Gasteiger partial charge in [0.15, 0.2) is 17.1 Å². The largest absolute Gasteiger partial charge is 0.458 e. The molecule has 7 heteroatoms. The van der Waals surface area contributed by atoms with E-state index in [1.165, 1.54) is 10.7 Å². The lowest BCUT2D eigenvalue weighted by Gasteiger charge is -2.12. The summed E-state index contributed by atoms with van der Waals surface area (Å²) >= 11 is 0. The minimum absolute atomic E-state index is 0.134. The molecule has 0 saturated heterocycles. The lowest BCUT2D eigenvalue weighted by molar-refractivity contribution is 0.0928. The minimum Gasteiger partial charge on any atom is -0.458 e. The normalized spacial score (nSPS) is 15.0. The molecular weight excluding hydrogens is 330 g/mol. The summed E-state index contributed by atoms with van der Waals surface area (Å²) in [6.45, 7) is 5.70. The molecule has 1 atom stereocenters. The number of fused-ring (bicyclic) bond motifs is 1. The van der Waals surface area contributed by atoms with E-state index in [0.717, 1.165) is 18.4 Å². The first kappa shape index (κ1) is 16.3. The van der Waals surface area contributed by atoms with Crippen LogP contribution in [0.15, 0.2) is 22.7 Å². The van der Waals surface area contributed by atoms with Crippen molar-refractivity contribution in [1.82, 2.24) is 19.9 Å². The van der Waals surface area contributed by atoms with E-state index in [1.54, 1.807) is 13.0 Å². The first-order valence-corrected chi connectivity index (χ1v) is 8.65. The predicted octanol–water partition coefficient (Wildman–Crippen LogP) is 3.01. The Hall–Kier alpha value is -3.14. The molecule has 26 heavy (non-hydrogen) atoms. The van der Waals surface area contributed by atoms with E-state index in [1.807, 2.05) is 19.9 Å². The number of carbonyl (C=O) groups is 1. The topological polar surface area (TPSA) is 96.2 Å². The van der Waals surface area contributed by atoms with Crippen molar-refractivity contribution < 1.29 is 9.21 Å². The van der Waals surface area contributed by atoms with Gasteiger partial charge in [-0.1, -0.05) is 0 Å². The Morgan fingerprint density at radius 1 is 1.42 bits per heavy atom. The van der Waals surface area contributed by atoms with Gasteiger partial charge in [-0.05, 0) is 57.2 Å². The summed E-state index contributed by atoms with van der Waals surface area (Å²) in [5, 5.41) is 16.9. The number of nitrogens with one attached hydrogen (secondary N) is 1. The Kier molecular flexibility index (Phi) is 3.76. The maximum atomic E-state index is 12.7. The molecule has 0 radical (unpaired) electrons. The van der Waals surface area contributed by atoms with Crippen LogP contribution in [0.3, 0.4) is 0 Å². The molecule has 0 aliphatic heterocycles. The van der Waals surface area contributed by atoms with Gasteiger partial charge in [0.05, 0.1) is 6.20 Å². The summed E-state index contributed by atoms with van der Waals surface area (Å²) in [6.07, 6.45) is 3.85. The molecule has 1 fully saturated rings. The van der Waals surface area contributed by atoms with Crippen LogP contribution >= 0.6 is 0 Å². The second kappa shape index (κ2) is 5.99. The highest BCUT2D eigenvalue weighted by atomic mass is 16.3. The molecule has 7 nitrogen and oxygen atoms in total. The predicted molar refractivity (Wildman–Crippen MR) is 94.5 cm³/mol. The van der Waals surface area contributed by atoms with Crippen LogP contribution in [0, 0.1) is 31.1 Å². The van der Waals surface area contributed by atoms with Crippen molar-refractivity contribution in [2.24, 2.45) is 5.92 Å². The zero-order chi connectivity index (χ0) is 18.4. The fourth-order valence-corrected chi connectivity index (χ4v) is 3.17. The number of hydrogen-bond donors (Lipinski definition) is 1. The fourth-order valence-electron chi connectivity index (χ4n) is 3.17. The monoisotopic (exact) mass is 349 g/mol. The molecule has 3 aromatic heterocycles. The van der Waals surface area contributed by atoms with Crippen molar-refractivity contribution in [2.75, 3.05) is 0 Å². The molecule has 1 N–H and O–H groups in total. The van der Waals surface area contributed by atoms with Gasteiger partial charge in [0.2, 0.25) is 0 Å². The van der Waals surface area contributed by atoms with E-state index in [2.05, 4.69) is 21.5 Å². The summed E-state index contributed by atoms with van der Waals surface area (Å²) in [6, 6.07) is 5.75. The smallest absolute Gasteiger partial charge is 0.271 e. The van der Waals surface area contributed by atoms with Gasteiger partial charge in [-0.15, -0.1) is 0 Å². The van der Waals surface area contributed by atoms with Gasteiger partial charge in [0.1, 0.15) is 23.1 Å². The van der Waals surface area contributed by atoms with Crippen molar-refractivity contribution in [3.05, 3.63) is 40.9 Å². The van der Waals surface area contributed by atoms with E-state index < -0.39 is 0 Å². The number of furan rings is 1. The highest BCUT2D eigenvalue weighted by molar-refractivity contribution is 5.93. The summed E-state index contributed by atoms with van der Waals surface area (Å²) in [7, 11) is 0. The molecule has 1 aliphatic rings. The molecule has 1 aliphatic carbocycles. The average Bonchev–Trinajstić information content (AvgIpc) is 3.26. The highest BCUT2D eigenvalue weighted by Crippen LogP contribution is 2.32. The lowest BCUT2D eigenvalue weighted by Crippen LogP contribution is -2.34. The third kappa shape index (κ3) is 2.73. The van der Waals surface area contributed by atoms with Crippen molar-refractivity contribution in [1.29, 1.82) is 5.26 Å². The van der Waals surface area contributed by atoms with Crippen molar-refractivity contribution in [3.63, 3.8) is 0 Å². The van der Waals surface area contributed by atoms with Crippen molar-refractivity contribution in [3.8, 4) is 17.5 Å². The number of rotatable bonds is 4. The summed E-state index contributed by atoms with van der Waals surface area (Å²) in [5.41, 5.74) is 2.75. The lowest BCUT2D eigenvalue weighted by atomic mass is 10.2. The number of carbonyl (C=O) groups excluding carboxylic acids is 1. The molecule has 3 aromatic rings. The SMILES string of the molecule is Cc1cc(C#N)c(-c2cc(C)c3ncc(C(=O)N[C@@H](C)C4CC4)n3n2)o1. The van der Waals surface area contributed by atoms with E-state index in [0.29, 0.717) is 40.0 Å². The number of nitriles is 1. The van der Waals surface area contributed by atoms with Crippen molar-refractivity contribution in [2.45, 2.75) is 39.7 Å². The standard InChI is InChI=1S/C19H19N5O2/c1-10-6-15(17-14(8-20)7-11(2)26-17)23-24-16(9-21-18(10)24)19(25)22-12(3)13-4-5-13/h6-7,9,12-13H,4-5H2,1-3H3,(H,22,25)/t12-/m0/s1. The van der Waals surface area contributed by atoms with Crippen LogP contribution < -0.4 is 5.32 Å². The molecule has 1 saturated carbocycles. The van der Waals surface area contributed by atoms with Crippen LogP contribution in [0.1, 0.15) is 47.1 Å². The first-order chi connectivity index (χ1) is 12.5. The quantitative estimate of drug-likeness (QED) is 0.781. The number of amides is 1. The van der Waals surface area contributed by atoms with E-state index in [4.69, 9.17) is 4.42 Å². The van der Waals surface area contributed by atoms with Gasteiger partial charge in [0, 0.05) is 6.04 Å². The summed E-state index contributed by atoms with van der Waals surface area (Å²) in [4.78, 5) is 17.0. The maximum absolute atomic E-state index is 12.7. The second-order valence-electron chi connectivity index (χ2n) is 6.90. The van der Waals surface area contributed by atoms with Gasteiger partial charge in [-0.25, -0.2) is 9.50 Å². The first-order valence-electron chi connectivity index (χ1n) is 8.65. The fraction of sp³-hybridized carbons (Fsp3) is 0.368. The molecule has 0 unspecified atom stereocenters. The van der Waals surface area contributed by atoms with Crippen LogP contribution in [-0.4, -0.2) is 26.5 Å². The van der Waals surface area contributed by atoms with Gasteiger partial charge in [-0.2, -0.15) is 10.4 Å². The third-order valence-electron chi connectivity index (χ3n) is 4.78. The van der Waals surface area contributed by atoms with E-state index in [-0.39, 0.29) is 11.9 Å². The van der Waals surface area contributed by atoms with E-state index >= 15 is 0 Å². The van der Waals surface area contributed by atoms with Gasteiger partial charge in [0.25, 0.3) is 5.91 Å². The van der Waals surface area contributed by atoms with Gasteiger partial charge >= 0.3 is 0 Å². The zero-order valence-corrected chi connectivity index (χ0v) is 14.9. The van der Waals surface area contributed by atoms with Crippen molar-refractivity contribution >= 4 is 11.6 Å². The number of nitrogens with zero attached hydrogens (tertiary/aromatic N) is 4. The number of hydrogen-bond acceptors (Lipinski definition) is 5. The highest BCUT2D eigenvalue weighted by Gasteiger charge is 2.30. The summed E-state index contributed by atoms with van der Waals surface area (Å²) in [5.74, 6) is 1.41. The third-order valence-corrected chi connectivity index (χ3v) is 4.78. The molecule has 3 heterocycles. The van der Waals surface area contributed by atoms with Crippen LogP contribution in [0.2, 0.25) is 0 Å². The Labute approximate surface area is 150 Å². The number of imidazole rings is 1. The molecule has 0 bridgehead atoms. The second-order valence-corrected chi connectivity index (χ2v) is 6.90. The average molecular weight is 349 g/mol.